The van der Waals surface area contributed by atoms with Crippen LogP contribution < -0.4 is 4.90 Å². The molecule has 0 N–H and O–H groups in total. The first-order valence-corrected chi connectivity index (χ1v) is 5.08. The number of anilines is 1. The van der Waals surface area contributed by atoms with E-state index in [0.29, 0.717) is 17.8 Å². The van der Waals surface area contributed by atoms with Gasteiger partial charge in [-0.1, -0.05) is 0 Å². The SMILES string of the molecule is Cc1cc(F)ccc1N1CC(C#N)CC1=O. The second-order valence-corrected chi connectivity index (χ2v) is 3.97. The Morgan fingerprint density at radius 3 is 2.88 bits per heavy atom. The molecule has 0 aliphatic carbocycles. The number of amides is 1. The minimum Gasteiger partial charge on any atom is -0.311 e. The van der Waals surface area contributed by atoms with E-state index in [9.17, 15) is 9.18 Å². The van der Waals surface area contributed by atoms with Gasteiger partial charge in [0.25, 0.3) is 0 Å². The van der Waals surface area contributed by atoms with Crippen LogP contribution in [0.4, 0.5) is 10.1 Å². The van der Waals surface area contributed by atoms with Crippen LogP contribution in [0.2, 0.25) is 0 Å². The smallest absolute Gasteiger partial charge is 0.228 e. The molecule has 16 heavy (non-hydrogen) atoms. The Balaban J connectivity index is 2.32. The molecular formula is C12H11FN2O. The fourth-order valence-corrected chi connectivity index (χ4v) is 1.95. The van der Waals surface area contributed by atoms with Gasteiger partial charge in [-0.3, -0.25) is 4.79 Å². The first-order chi connectivity index (χ1) is 7.61. The summed E-state index contributed by atoms with van der Waals surface area (Å²) in [4.78, 5) is 13.2. The van der Waals surface area contributed by atoms with Gasteiger partial charge in [-0.25, -0.2) is 4.39 Å². The van der Waals surface area contributed by atoms with Crippen LogP contribution in [0.1, 0.15) is 12.0 Å². The lowest BCUT2D eigenvalue weighted by atomic mass is 10.1. The third-order valence-corrected chi connectivity index (χ3v) is 2.76. The Bertz CT molecular complexity index is 478. The number of nitrogens with zero attached hydrogens (tertiary/aromatic N) is 2. The molecule has 0 bridgehead atoms. The van der Waals surface area contributed by atoms with Gasteiger partial charge >= 0.3 is 0 Å². The van der Waals surface area contributed by atoms with Gasteiger partial charge < -0.3 is 4.90 Å². The van der Waals surface area contributed by atoms with E-state index in [4.69, 9.17) is 5.26 Å². The quantitative estimate of drug-likeness (QED) is 0.723. The first-order valence-electron chi connectivity index (χ1n) is 5.08. The molecule has 82 valence electrons. The van der Waals surface area contributed by atoms with Gasteiger partial charge in [0.05, 0.1) is 12.0 Å². The van der Waals surface area contributed by atoms with Crippen molar-refractivity contribution >= 4 is 11.6 Å². The van der Waals surface area contributed by atoms with Crippen LogP contribution in [-0.4, -0.2) is 12.5 Å². The van der Waals surface area contributed by atoms with Crippen molar-refractivity contribution in [1.29, 1.82) is 5.26 Å². The molecule has 0 saturated carbocycles. The summed E-state index contributed by atoms with van der Waals surface area (Å²) in [5.41, 5.74) is 1.41. The van der Waals surface area contributed by atoms with Gasteiger partial charge in [-0.2, -0.15) is 5.26 Å². The summed E-state index contributed by atoms with van der Waals surface area (Å²) in [6.07, 6.45) is 0.257. The Morgan fingerprint density at radius 2 is 2.31 bits per heavy atom. The standard InChI is InChI=1S/C12H11FN2O/c1-8-4-10(13)2-3-11(8)15-7-9(6-14)5-12(15)16/h2-4,9H,5,7H2,1H3. The monoisotopic (exact) mass is 218 g/mol. The van der Waals surface area contributed by atoms with Crippen molar-refractivity contribution in [2.45, 2.75) is 13.3 Å². The summed E-state index contributed by atoms with van der Waals surface area (Å²) in [5.74, 6) is -0.636. The number of benzene rings is 1. The summed E-state index contributed by atoms with van der Waals surface area (Å²) in [6.45, 7) is 2.16. The minimum atomic E-state index is -0.315. The van der Waals surface area contributed by atoms with Crippen molar-refractivity contribution in [1.82, 2.24) is 0 Å². The number of carbonyl (C=O) groups is 1. The van der Waals surface area contributed by atoms with E-state index in [-0.39, 0.29) is 24.1 Å². The Labute approximate surface area is 93.1 Å². The average Bonchev–Trinajstić information content (AvgIpc) is 2.60. The molecule has 1 aliphatic rings. The van der Waals surface area contributed by atoms with Crippen molar-refractivity contribution in [2.24, 2.45) is 5.92 Å². The predicted molar refractivity (Wildman–Crippen MR) is 57.2 cm³/mol. The zero-order valence-electron chi connectivity index (χ0n) is 8.90. The van der Waals surface area contributed by atoms with E-state index < -0.39 is 0 Å². The van der Waals surface area contributed by atoms with Gasteiger partial charge in [0.15, 0.2) is 0 Å². The highest BCUT2D eigenvalue weighted by atomic mass is 19.1. The molecule has 1 atom stereocenters. The van der Waals surface area contributed by atoms with Crippen molar-refractivity contribution in [2.75, 3.05) is 11.4 Å². The molecule has 1 fully saturated rings. The maximum absolute atomic E-state index is 12.9. The average molecular weight is 218 g/mol. The topological polar surface area (TPSA) is 44.1 Å². The van der Waals surface area contributed by atoms with Crippen LogP contribution >= 0.6 is 0 Å². The van der Waals surface area contributed by atoms with Gasteiger partial charge in [-0.05, 0) is 30.7 Å². The highest BCUT2D eigenvalue weighted by molar-refractivity contribution is 5.96. The maximum Gasteiger partial charge on any atom is 0.228 e. The fraction of sp³-hybridized carbons (Fsp3) is 0.333. The largest absolute Gasteiger partial charge is 0.311 e. The summed E-state index contributed by atoms with van der Waals surface area (Å²) >= 11 is 0. The molecule has 0 aromatic heterocycles. The number of hydrogen-bond donors (Lipinski definition) is 0. The molecule has 3 nitrogen and oxygen atoms in total. The molecule has 4 heteroatoms. The number of halogens is 1. The normalized spacial score (nSPS) is 19.9. The fourth-order valence-electron chi connectivity index (χ4n) is 1.95. The number of rotatable bonds is 1. The van der Waals surface area contributed by atoms with Crippen molar-refractivity contribution < 1.29 is 9.18 Å². The molecule has 0 spiro atoms. The molecule has 1 aliphatic heterocycles. The second-order valence-electron chi connectivity index (χ2n) is 3.97. The molecule has 0 radical (unpaired) electrons. The van der Waals surface area contributed by atoms with Crippen LogP contribution in [0.5, 0.6) is 0 Å². The maximum atomic E-state index is 12.9. The summed E-state index contributed by atoms with van der Waals surface area (Å²) < 4.78 is 12.9. The lowest BCUT2D eigenvalue weighted by Gasteiger charge is -2.18. The van der Waals surface area contributed by atoms with Gasteiger partial charge in [0, 0.05) is 18.7 Å². The van der Waals surface area contributed by atoms with Crippen LogP contribution in [0, 0.1) is 30.0 Å². The Hall–Kier alpha value is -1.89. The Morgan fingerprint density at radius 1 is 1.56 bits per heavy atom. The highest BCUT2D eigenvalue weighted by Crippen LogP contribution is 2.27. The van der Waals surface area contributed by atoms with Crippen LogP contribution in [0.3, 0.4) is 0 Å². The van der Waals surface area contributed by atoms with E-state index in [0.717, 1.165) is 0 Å². The van der Waals surface area contributed by atoms with Crippen molar-refractivity contribution in [3.05, 3.63) is 29.6 Å². The summed E-state index contributed by atoms with van der Waals surface area (Å²) in [7, 11) is 0. The number of nitriles is 1. The van der Waals surface area contributed by atoms with Crippen LogP contribution in [-0.2, 0) is 4.79 Å². The van der Waals surface area contributed by atoms with Crippen LogP contribution in [0.25, 0.3) is 0 Å². The molecule has 1 heterocycles. The second kappa shape index (κ2) is 3.93. The van der Waals surface area contributed by atoms with E-state index in [1.807, 2.05) is 0 Å². The third-order valence-electron chi connectivity index (χ3n) is 2.76. The molecule has 1 amide bonds. The van der Waals surface area contributed by atoms with Crippen molar-refractivity contribution in [3.8, 4) is 6.07 Å². The lowest BCUT2D eigenvalue weighted by Crippen LogP contribution is -2.25. The molecular weight excluding hydrogens is 207 g/mol. The lowest BCUT2D eigenvalue weighted by molar-refractivity contribution is -0.117. The minimum absolute atomic E-state index is 0.0683. The number of aryl methyl sites for hydroxylation is 1. The molecule has 1 aromatic rings. The highest BCUT2D eigenvalue weighted by Gasteiger charge is 2.31. The predicted octanol–water partition coefficient (Wildman–Crippen LogP) is 2.01. The van der Waals surface area contributed by atoms with E-state index in [1.165, 1.54) is 12.1 Å². The zero-order chi connectivity index (χ0) is 11.7. The van der Waals surface area contributed by atoms with Crippen LogP contribution in [0.15, 0.2) is 18.2 Å². The van der Waals surface area contributed by atoms with Gasteiger partial charge in [0.2, 0.25) is 5.91 Å². The third kappa shape index (κ3) is 1.76. The van der Waals surface area contributed by atoms with Gasteiger partial charge in [0.1, 0.15) is 5.82 Å². The van der Waals surface area contributed by atoms with E-state index in [2.05, 4.69) is 6.07 Å². The Kier molecular flexibility index (Phi) is 2.61. The number of carbonyl (C=O) groups excluding carboxylic acids is 1. The van der Waals surface area contributed by atoms with Gasteiger partial charge in [-0.15, -0.1) is 0 Å². The molecule has 1 aromatic carbocycles. The molecule has 1 unspecified atom stereocenters. The summed E-state index contributed by atoms with van der Waals surface area (Å²) in [5, 5.41) is 8.77. The van der Waals surface area contributed by atoms with E-state index >= 15 is 0 Å². The molecule has 1 saturated heterocycles. The van der Waals surface area contributed by atoms with E-state index in [1.54, 1.807) is 17.9 Å². The molecule has 2 rings (SSSR count). The first kappa shape index (κ1) is 10.6. The van der Waals surface area contributed by atoms with Crippen molar-refractivity contribution in [3.63, 3.8) is 0 Å². The zero-order valence-corrected chi connectivity index (χ0v) is 8.90. The summed E-state index contributed by atoms with van der Waals surface area (Å²) in [6, 6.07) is 6.39. The number of hydrogen-bond acceptors (Lipinski definition) is 2.